The number of anilines is 2. The molecule has 82 valence electrons. The van der Waals surface area contributed by atoms with Gasteiger partial charge in [-0.25, -0.2) is 9.97 Å². The lowest BCUT2D eigenvalue weighted by molar-refractivity contribution is 0.0657. The molecular formula is C10H16N4O. The van der Waals surface area contributed by atoms with Crippen molar-refractivity contribution in [2.75, 3.05) is 24.3 Å². The third kappa shape index (κ3) is 2.36. The summed E-state index contributed by atoms with van der Waals surface area (Å²) in [6.07, 6.45) is 5.15. The number of hydrogen-bond acceptors (Lipinski definition) is 5. The first-order valence-electron chi connectivity index (χ1n) is 5.12. The first kappa shape index (κ1) is 10.2. The summed E-state index contributed by atoms with van der Waals surface area (Å²) >= 11 is 0. The van der Waals surface area contributed by atoms with Crippen molar-refractivity contribution in [3.05, 3.63) is 12.4 Å². The Morgan fingerprint density at radius 1 is 1.33 bits per heavy atom. The molecule has 1 aromatic rings. The predicted molar refractivity (Wildman–Crippen MR) is 58.5 cm³/mol. The molecule has 2 heterocycles. The van der Waals surface area contributed by atoms with Crippen molar-refractivity contribution in [1.29, 1.82) is 0 Å². The van der Waals surface area contributed by atoms with Gasteiger partial charge in [0.1, 0.15) is 0 Å². The third-order valence-electron chi connectivity index (χ3n) is 2.74. The SMILES string of the molecule is CC1(Nc2nccnc2N)CCOCC1. The minimum Gasteiger partial charge on any atom is -0.381 e. The highest BCUT2D eigenvalue weighted by atomic mass is 16.5. The molecule has 0 saturated carbocycles. The highest BCUT2D eigenvalue weighted by molar-refractivity contribution is 5.56. The van der Waals surface area contributed by atoms with Gasteiger partial charge >= 0.3 is 0 Å². The third-order valence-corrected chi connectivity index (χ3v) is 2.74. The smallest absolute Gasteiger partial charge is 0.169 e. The summed E-state index contributed by atoms with van der Waals surface area (Å²) in [4.78, 5) is 8.18. The number of aromatic nitrogens is 2. The Hall–Kier alpha value is -1.36. The Morgan fingerprint density at radius 2 is 2.00 bits per heavy atom. The van der Waals surface area contributed by atoms with E-state index < -0.39 is 0 Å². The number of nitrogens with two attached hydrogens (primary N) is 1. The van der Waals surface area contributed by atoms with E-state index in [1.165, 1.54) is 0 Å². The number of nitrogen functional groups attached to an aromatic ring is 1. The number of hydrogen-bond donors (Lipinski definition) is 2. The zero-order valence-electron chi connectivity index (χ0n) is 8.86. The molecule has 1 aliphatic rings. The maximum absolute atomic E-state index is 5.73. The molecule has 0 radical (unpaired) electrons. The van der Waals surface area contributed by atoms with E-state index in [1.807, 2.05) is 0 Å². The Morgan fingerprint density at radius 3 is 2.67 bits per heavy atom. The summed E-state index contributed by atoms with van der Waals surface area (Å²) in [6, 6.07) is 0. The van der Waals surface area contributed by atoms with Crippen LogP contribution in [0.3, 0.4) is 0 Å². The Labute approximate surface area is 89.1 Å². The second kappa shape index (κ2) is 4.02. The molecule has 2 rings (SSSR count). The molecule has 3 N–H and O–H groups in total. The van der Waals surface area contributed by atoms with Crippen LogP contribution in [0, 0.1) is 0 Å². The maximum atomic E-state index is 5.73. The lowest BCUT2D eigenvalue weighted by atomic mass is 9.92. The van der Waals surface area contributed by atoms with Gasteiger partial charge < -0.3 is 15.8 Å². The van der Waals surface area contributed by atoms with E-state index >= 15 is 0 Å². The Balaban J connectivity index is 2.10. The van der Waals surface area contributed by atoms with Crippen LogP contribution in [0.5, 0.6) is 0 Å². The molecule has 0 aliphatic carbocycles. The summed E-state index contributed by atoms with van der Waals surface area (Å²) in [5.74, 6) is 1.12. The molecule has 5 nitrogen and oxygen atoms in total. The summed E-state index contributed by atoms with van der Waals surface area (Å²) < 4.78 is 5.33. The largest absolute Gasteiger partial charge is 0.381 e. The van der Waals surface area contributed by atoms with Crippen molar-refractivity contribution in [3.63, 3.8) is 0 Å². The lowest BCUT2D eigenvalue weighted by Gasteiger charge is -2.35. The molecule has 15 heavy (non-hydrogen) atoms. The molecule has 1 fully saturated rings. The topological polar surface area (TPSA) is 73.1 Å². The minimum absolute atomic E-state index is 0.0163. The maximum Gasteiger partial charge on any atom is 0.169 e. The van der Waals surface area contributed by atoms with Gasteiger partial charge in [-0.2, -0.15) is 0 Å². The van der Waals surface area contributed by atoms with E-state index in [-0.39, 0.29) is 5.54 Å². The van der Waals surface area contributed by atoms with Gasteiger partial charge in [0.2, 0.25) is 0 Å². The highest BCUT2D eigenvalue weighted by Gasteiger charge is 2.28. The molecule has 0 spiro atoms. The van der Waals surface area contributed by atoms with Gasteiger partial charge in [-0.1, -0.05) is 0 Å². The van der Waals surface area contributed by atoms with Crippen LogP contribution in [0.1, 0.15) is 19.8 Å². The quantitative estimate of drug-likeness (QED) is 0.759. The number of ether oxygens (including phenoxy) is 1. The average Bonchev–Trinajstić information content (AvgIpc) is 2.22. The highest BCUT2D eigenvalue weighted by Crippen LogP contribution is 2.25. The molecule has 0 bridgehead atoms. The van der Waals surface area contributed by atoms with E-state index in [0.29, 0.717) is 11.6 Å². The molecule has 0 unspecified atom stereocenters. The molecule has 1 aromatic heterocycles. The summed E-state index contributed by atoms with van der Waals surface area (Å²) in [7, 11) is 0. The molecular weight excluding hydrogens is 192 g/mol. The van der Waals surface area contributed by atoms with E-state index in [4.69, 9.17) is 10.5 Å². The minimum atomic E-state index is 0.0163. The van der Waals surface area contributed by atoms with E-state index in [2.05, 4.69) is 22.2 Å². The van der Waals surface area contributed by atoms with Gasteiger partial charge in [0.25, 0.3) is 0 Å². The van der Waals surface area contributed by atoms with E-state index in [0.717, 1.165) is 26.1 Å². The van der Waals surface area contributed by atoms with Gasteiger partial charge in [-0.3, -0.25) is 0 Å². The van der Waals surface area contributed by atoms with Crippen LogP contribution < -0.4 is 11.1 Å². The molecule has 1 aliphatic heterocycles. The van der Waals surface area contributed by atoms with Gasteiger partial charge in [0.05, 0.1) is 0 Å². The van der Waals surface area contributed by atoms with Crippen molar-refractivity contribution in [2.24, 2.45) is 0 Å². The fourth-order valence-corrected chi connectivity index (χ4v) is 1.68. The number of nitrogens with one attached hydrogen (secondary N) is 1. The molecule has 0 aromatic carbocycles. The van der Waals surface area contributed by atoms with Crippen LogP contribution in [0.2, 0.25) is 0 Å². The van der Waals surface area contributed by atoms with Gasteiger partial charge in [0.15, 0.2) is 11.6 Å². The van der Waals surface area contributed by atoms with E-state index in [9.17, 15) is 0 Å². The van der Waals surface area contributed by atoms with Crippen LogP contribution in [-0.2, 0) is 4.74 Å². The van der Waals surface area contributed by atoms with Crippen molar-refractivity contribution in [3.8, 4) is 0 Å². The van der Waals surface area contributed by atoms with Crippen LogP contribution in [0.25, 0.3) is 0 Å². The fourth-order valence-electron chi connectivity index (χ4n) is 1.68. The standard InChI is InChI=1S/C10H16N4O/c1-10(2-6-15-7-3-10)14-9-8(11)12-4-5-13-9/h4-5H,2-3,6-7H2,1H3,(H2,11,12)(H,13,14). The lowest BCUT2D eigenvalue weighted by Crippen LogP contribution is -2.41. The summed E-state index contributed by atoms with van der Waals surface area (Å²) in [5.41, 5.74) is 5.75. The zero-order chi connectivity index (χ0) is 10.7. The molecule has 0 atom stereocenters. The molecule has 0 amide bonds. The van der Waals surface area contributed by atoms with Crippen molar-refractivity contribution in [2.45, 2.75) is 25.3 Å². The normalized spacial score (nSPS) is 19.8. The fraction of sp³-hybridized carbons (Fsp3) is 0.600. The zero-order valence-corrected chi connectivity index (χ0v) is 8.86. The van der Waals surface area contributed by atoms with Gasteiger partial charge in [0, 0.05) is 31.1 Å². The van der Waals surface area contributed by atoms with Crippen molar-refractivity contribution < 1.29 is 4.74 Å². The molecule has 1 saturated heterocycles. The first-order chi connectivity index (χ1) is 7.20. The number of rotatable bonds is 2. The first-order valence-corrected chi connectivity index (χ1v) is 5.12. The summed E-state index contributed by atoms with van der Waals surface area (Å²) in [5, 5.41) is 3.35. The van der Waals surface area contributed by atoms with Crippen LogP contribution >= 0.6 is 0 Å². The summed E-state index contributed by atoms with van der Waals surface area (Å²) in [6.45, 7) is 3.72. The Kier molecular flexibility index (Phi) is 2.73. The number of nitrogens with zero attached hydrogens (tertiary/aromatic N) is 2. The van der Waals surface area contributed by atoms with Crippen LogP contribution in [-0.4, -0.2) is 28.7 Å². The van der Waals surface area contributed by atoms with Crippen molar-refractivity contribution >= 4 is 11.6 Å². The van der Waals surface area contributed by atoms with Gasteiger partial charge in [-0.15, -0.1) is 0 Å². The second-order valence-electron chi connectivity index (χ2n) is 4.09. The van der Waals surface area contributed by atoms with Crippen LogP contribution in [0.15, 0.2) is 12.4 Å². The predicted octanol–water partition coefficient (Wildman–Crippen LogP) is 1.04. The Bertz CT molecular complexity index is 336. The van der Waals surface area contributed by atoms with Gasteiger partial charge in [-0.05, 0) is 19.8 Å². The van der Waals surface area contributed by atoms with E-state index in [1.54, 1.807) is 12.4 Å². The second-order valence-corrected chi connectivity index (χ2v) is 4.09. The monoisotopic (exact) mass is 208 g/mol. The average molecular weight is 208 g/mol. The molecule has 5 heteroatoms. The van der Waals surface area contributed by atoms with Crippen molar-refractivity contribution in [1.82, 2.24) is 9.97 Å². The van der Waals surface area contributed by atoms with Crippen LogP contribution in [0.4, 0.5) is 11.6 Å².